The van der Waals surface area contributed by atoms with Gasteiger partial charge in [-0.05, 0) is 37.8 Å². The molecule has 0 aromatic heterocycles. The summed E-state index contributed by atoms with van der Waals surface area (Å²) in [7, 11) is -3.77. The highest BCUT2D eigenvalue weighted by Crippen LogP contribution is 2.33. The third-order valence-corrected chi connectivity index (χ3v) is 5.98. The fraction of sp³-hybridized carbons (Fsp3) is 0.500. The summed E-state index contributed by atoms with van der Waals surface area (Å²) in [5, 5.41) is 0.326. The first kappa shape index (κ1) is 19.3. The summed E-state index contributed by atoms with van der Waals surface area (Å²) in [5.74, 6) is 0. The van der Waals surface area contributed by atoms with Crippen LogP contribution < -0.4 is 10.5 Å². The zero-order valence-corrected chi connectivity index (χ0v) is 14.9. The molecule has 3 N–H and O–H groups in total. The summed E-state index contributed by atoms with van der Waals surface area (Å²) in [4.78, 5) is -0.125. The van der Waals surface area contributed by atoms with Crippen molar-refractivity contribution in [3.8, 4) is 0 Å². The summed E-state index contributed by atoms with van der Waals surface area (Å²) in [5.41, 5.74) is 5.80. The van der Waals surface area contributed by atoms with Crippen LogP contribution in [-0.4, -0.2) is 20.5 Å². The Balaban J connectivity index is 0.00000220. The van der Waals surface area contributed by atoms with E-state index in [-0.39, 0.29) is 39.4 Å². The molecule has 1 aromatic rings. The van der Waals surface area contributed by atoms with Gasteiger partial charge in [0.25, 0.3) is 0 Å². The van der Waals surface area contributed by atoms with E-state index in [0.717, 1.165) is 12.8 Å². The van der Waals surface area contributed by atoms with E-state index in [4.69, 9.17) is 40.5 Å². The average molecular weight is 394 g/mol. The monoisotopic (exact) mass is 392 g/mol. The number of nitrogens with one attached hydrogen (secondary N) is 1. The topological polar surface area (TPSA) is 72.2 Å². The third kappa shape index (κ3) is 4.86. The van der Waals surface area contributed by atoms with Crippen LogP contribution in [0, 0.1) is 0 Å². The Morgan fingerprint density at radius 3 is 2.00 bits per heavy atom. The first-order valence-corrected chi connectivity index (χ1v) is 8.84. The van der Waals surface area contributed by atoms with Gasteiger partial charge >= 0.3 is 0 Å². The molecule has 0 amide bonds. The van der Waals surface area contributed by atoms with E-state index >= 15 is 0 Å². The normalized spacial score (nSPS) is 22.7. The number of hydrogen-bond acceptors (Lipinski definition) is 3. The van der Waals surface area contributed by atoms with Crippen LogP contribution in [0.25, 0.3) is 0 Å². The van der Waals surface area contributed by atoms with Crippen molar-refractivity contribution in [3.05, 3.63) is 27.2 Å². The van der Waals surface area contributed by atoms with E-state index in [0.29, 0.717) is 17.9 Å². The minimum atomic E-state index is -3.77. The number of rotatable bonds is 3. The second kappa shape index (κ2) is 7.68. The molecular formula is C12H16Cl4N2O2S. The minimum Gasteiger partial charge on any atom is -0.328 e. The SMILES string of the molecule is Cl.NC1CCC(NS(=O)(=O)c2c(Cl)cc(Cl)cc2Cl)CC1. The van der Waals surface area contributed by atoms with Gasteiger partial charge in [-0.1, -0.05) is 34.8 Å². The predicted octanol–water partition coefficient (Wildman–Crippen LogP) is 3.62. The number of nitrogens with two attached hydrogens (primary N) is 1. The molecule has 0 radical (unpaired) electrons. The molecule has 2 rings (SSSR count). The molecule has 0 unspecified atom stereocenters. The number of benzene rings is 1. The van der Waals surface area contributed by atoms with Crippen LogP contribution in [0.5, 0.6) is 0 Å². The van der Waals surface area contributed by atoms with E-state index in [1.165, 1.54) is 12.1 Å². The molecule has 9 heteroatoms. The first-order chi connectivity index (χ1) is 9.29. The van der Waals surface area contributed by atoms with Crippen LogP contribution in [0.3, 0.4) is 0 Å². The first-order valence-electron chi connectivity index (χ1n) is 6.22. The molecule has 0 atom stereocenters. The molecule has 1 aromatic carbocycles. The summed E-state index contributed by atoms with van der Waals surface area (Å²) in [6, 6.07) is 2.74. The van der Waals surface area contributed by atoms with E-state index in [1.54, 1.807) is 0 Å². The molecule has 0 spiro atoms. The molecule has 0 saturated heterocycles. The Morgan fingerprint density at radius 2 is 1.52 bits per heavy atom. The maximum absolute atomic E-state index is 12.4. The summed E-state index contributed by atoms with van der Waals surface area (Å²) >= 11 is 17.7. The molecule has 120 valence electrons. The largest absolute Gasteiger partial charge is 0.328 e. The van der Waals surface area contributed by atoms with Crippen LogP contribution >= 0.6 is 47.2 Å². The Morgan fingerprint density at radius 1 is 1.05 bits per heavy atom. The van der Waals surface area contributed by atoms with Crippen molar-refractivity contribution in [1.82, 2.24) is 4.72 Å². The molecule has 21 heavy (non-hydrogen) atoms. The van der Waals surface area contributed by atoms with Crippen molar-refractivity contribution in [2.75, 3.05) is 0 Å². The van der Waals surface area contributed by atoms with Crippen molar-refractivity contribution in [2.24, 2.45) is 5.73 Å². The Hall–Kier alpha value is 0.250. The quantitative estimate of drug-likeness (QED) is 0.823. The Labute approximate surface area is 145 Å². The van der Waals surface area contributed by atoms with Gasteiger partial charge in [0, 0.05) is 17.1 Å². The van der Waals surface area contributed by atoms with Crippen LogP contribution in [-0.2, 0) is 10.0 Å². The van der Waals surface area contributed by atoms with Crippen molar-refractivity contribution >= 4 is 57.2 Å². The Kier molecular flexibility index (Phi) is 7.06. The second-order valence-corrected chi connectivity index (χ2v) is 7.83. The molecule has 0 bridgehead atoms. The van der Waals surface area contributed by atoms with Gasteiger partial charge in [0.2, 0.25) is 10.0 Å². The summed E-state index contributed by atoms with van der Waals surface area (Å²) in [6.45, 7) is 0. The van der Waals surface area contributed by atoms with Crippen LogP contribution in [0.15, 0.2) is 17.0 Å². The highest BCUT2D eigenvalue weighted by atomic mass is 35.5. The molecule has 1 fully saturated rings. The van der Waals surface area contributed by atoms with E-state index < -0.39 is 10.0 Å². The van der Waals surface area contributed by atoms with Gasteiger partial charge in [-0.25, -0.2) is 13.1 Å². The molecule has 0 aliphatic heterocycles. The van der Waals surface area contributed by atoms with Gasteiger partial charge < -0.3 is 5.73 Å². The Bertz CT molecular complexity index is 578. The standard InChI is InChI=1S/C12H15Cl3N2O2S.ClH/c13-7-5-10(14)12(11(15)6-7)20(18,19)17-9-3-1-8(16)2-4-9;/h5-6,8-9,17H,1-4,16H2;1H. The van der Waals surface area contributed by atoms with Crippen molar-refractivity contribution < 1.29 is 8.42 Å². The highest BCUT2D eigenvalue weighted by Gasteiger charge is 2.27. The lowest BCUT2D eigenvalue weighted by atomic mass is 9.93. The van der Waals surface area contributed by atoms with Crippen molar-refractivity contribution in [3.63, 3.8) is 0 Å². The van der Waals surface area contributed by atoms with Crippen LogP contribution in [0.4, 0.5) is 0 Å². The maximum Gasteiger partial charge on any atom is 0.243 e. The highest BCUT2D eigenvalue weighted by molar-refractivity contribution is 7.89. The van der Waals surface area contributed by atoms with Crippen LogP contribution in [0.2, 0.25) is 15.1 Å². The zero-order valence-electron chi connectivity index (χ0n) is 11.0. The van der Waals surface area contributed by atoms with Gasteiger partial charge in [0.05, 0.1) is 10.0 Å². The maximum atomic E-state index is 12.4. The molecule has 4 nitrogen and oxygen atoms in total. The average Bonchev–Trinajstić information content (AvgIpc) is 2.30. The molecule has 1 aliphatic rings. The van der Waals surface area contributed by atoms with E-state index in [2.05, 4.69) is 4.72 Å². The van der Waals surface area contributed by atoms with Gasteiger partial charge in [0.15, 0.2) is 0 Å². The fourth-order valence-electron chi connectivity index (χ4n) is 2.30. The lowest BCUT2D eigenvalue weighted by molar-refractivity contribution is 0.373. The molecule has 1 aliphatic carbocycles. The van der Waals surface area contributed by atoms with Gasteiger partial charge in [0.1, 0.15) is 4.90 Å². The predicted molar refractivity (Wildman–Crippen MR) is 89.3 cm³/mol. The second-order valence-electron chi connectivity index (χ2n) is 4.93. The zero-order chi connectivity index (χ0) is 14.9. The molecule has 1 saturated carbocycles. The summed E-state index contributed by atoms with van der Waals surface area (Å²) < 4.78 is 27.4. The van der Waals surface area contributed by atoms with E-state index in [1.807, 2.05) is 0 Å². The third-order valence-electron chi connectivity index (χ3n) is 3.33. The fourth-order valence-corrected chi connectivity index (χ4v) is 5.15. The van der Waals surface area contributed by atoms with E-state index in [9.17, 15) is 8.42 Å². The van der Waals surface area contributed by atoms with Crippen molar-refractivity contribution in [1.29, 1.82) is 0 Å². The number of sulfonamides is 1. The van der Waals surface area contributed by atoms with Crippen LogP contribution in [0.1, 0.15) is 25.7 Å². The number of halogens is 4. The molecular weight excluding hydrogens is 378 g/mol. The lowest BCUT2D eigenvalue weighted by Crippen LogP contribution is -2.40. The lowest BCUT2D eigenvalue weighted by Gasteiger charge is -2.26. The number of hydrogen-bond donors (Lipinski definition) is 2. The van der Waals surface area contributed by atoms with Gasteiger partial charge in [-0.3, -0.25) is 0 Å². The minimum absolute atomic E-state index is 0. The van der Waals surface area contributed by atoms with Crippen molar-refractivity contribution in [2.45, 2.75) is 42.7 Å². The smallest absolute Gasteiger partial charge is 0.243 e. The van der Waals surface area contributed by atoms with Gasteiger partial charge in [-0.2, -0.15) is 0 Å². The summed E-state index contributed by atoms with van der Waals surface area (Å²) in [6.07, 6.45) is 3.02. The molecule has 0 heterocycles. The van der Waals surface area contributed by atoms with Gasteiger partial charge in [-0.15, -0.1) is 12.4 Å².